The highest BCUT2D eigenvalue weighted by Gasteiger charge is 2.34. The Balaban J connectivity index is 1.36. The Kier molecular flexibility index (Phi) is 7.50. The zero-order valence-corrected chi connectivity index (χ0v) is 29.3. The number of rotatable bonds is 5. The van der Waals surface area contributed by atoms with Gasteiger partial charge in [0.2, 0.25) is 0 Å². The van der Waals surface area contributed by atoms with E-state index in [1.54, 1.807) is 55.1 Å². The Morgan fingerprint density at radius 1 is 0.464 bits per heavy atom. The molecule has 0 aliphatic heterocycles. The van der Waals surface area contributed by atoms with E-state index in [0.717, 1.165) is 32.7 Å². The lowest BCUT2D eigenvalue weighted by Gasteiger charge is -2.23. The van der Waals surface area contributed by atoms with E-state index >= 15 is 13.2 Å². The molecule has 6 aromatic carbocycles. The molecule has 10 rings (SSSR count). The lowest BCUT2D eigenvalue weighted by atomic mass is 9.96. The predicted molar refractivity (Wildman–Crippen MR) is 212 cm³/mol. The van der Waals surface area contributed by atoms with Crippen LogP contribution in [0.3, 0.4) is 0 Å². The summed E-state index contributed by atoms with van der Waals surface area (Å²) < 4.78 is 49.8. The summed E-state index contributed by atoms with van der Waals surface area (Å²) in [6.45, 7) is 0. The van der Waals surface area contributed by atoms with Gasteiger partial charge in [-0.1, -0.05) is 48.5 Å². The van der Waals surface area contributed by atoms with Crippen LogP contribution >= 0.6 is 0 Å². The van der Waals surface area contributed by atoms with Gasteiger partial charge in [0.15, 0.2) is 11.6 Å². The van der Waals surface area contributed by atoms with E-state index in [2.05, 4.69) is 26.0 Å². The molecular weight excluding hydrogens is 708 g/mol. The Labute approximate surface area is 317 Å². The first kappa shape index (κ1) is 33.0. The van der Waals surface area contributed by atoms with Crippen molar-refractivity contribution in [2.45, 2.75) is 6.18 Å². The van der Waals surface area contributed by atoms with E-state index in [4.69, 9.17) is 0 Å². The molecule has 7 nitrogen and oxygen atoms in total. The summed E-state index contributed by atoms with van der Waals surface area (Å²) in [5.41, 5.74) is 5.66. The molecule has 0 radical (unpaired) electrons. The third kappa shape index (κ3) is 5.28. The van der Waals surface area contributed by atoms with Crippen molar-refractivity contribution in [1.29, 1.82) is 5.26 Å². The number of nitrogens with zero attached hydrogens (tertiary/aromatic N) is 7. The van der Waals surface area contributed by atoms with Crippen molar-refractivity contribution in [3.8, 4) is 51.3 Å². The van der Waals surface area contributed by atoms with Gasteiger partial charge in [0.05, 0.1) is 50.6 Å². The van der Waals surface area contributed by atoms with Crippen molar-refractivity contribution in [2.75, 3.05) is 0 Å². The maximum absolute atomic E-state index is 15.3. The van der Waals surface area contributed by atoms with Gasteiger partial charge in [0.25, 0.3) is 0 Å². The molecule has 0 amide bonds. The topological polar surface area (TPSA) is 85.2 Å². The number of hydrogen-bond acceptors (Lipinski definition) is 5. The fraction of sp³-hybridized carbons (Fsp3) is 0.0217. The number of alkyl halides is 3. The molecule has 10 aromatic rings. The van der Waals surface area contributed by atoms with Crippen LogP contribution in [0.15, 0.2) is 158 Å². The molecule has 266 valence electrons. The van der Waals surface area contributed by atoms with Crippen LogP contribution in [0.25, 0.3) is 88.9 Å². The molecule has 0 unspecified atom stereocenters. The summed E-state index contributed by atoms with van der Waals surface area (Å²) in [5, 5.41) is 13.4. The van der Waals surface area contributed by atoms with E-state index in [1.807, 2.05) is 100 Å². The molecule has 0 saturated carbocycles. The van der Waals surface area contributed by atoms with Crippen LogP contribution < -0.4 is 0 Å². The Morgan fingerprint density at radius 2 is 0.946 bits per heavy atom. The number of fused-ring (bicyclic) bond motifs is 6. The maximum atomic E-state index is 15.3. The number of halogens is 3. The van der Waals surface area contributed by atoms with E-state index in [1.165, 1.54) is 12.1 Å². The van der Waals surface area contributed by atoms with E-state index in [-0.39, 0.29) is 0 Å². The maximum Gasteiger partial charge on any atom is 0.416 e. The van der Waals surface area contributed by atoms with Crippen molar-refractivity contribution in [2.24, 2.45) is 0 Å². The summed E-state index contributed by atoms with van der Waals surface area (Å²) in [5.74, 6) is 1.07. The predicted octanol–water partition coefficient (Wildman–Crippen LogP) is 11.4. The average Bonchev–Trinajstić information content (AvgIpc) is 3.75. The van der Waals surface area contributed by atoms with Crippen LogP contribution in [0.5, 0.6) is 0 Å². The van der Waals surface area contributed by atoms with Crippen LogP contribution in [0, 0.1) is 11.3 Å². The molecule has 0 fully saturated rings. The van der Waals surface area contributed by atoms with Gasteiger partial charge in [-0.05, 0) is 90.5 Å². The second-order valence-corrected chi connectivity index (χ2v) is 13.4. The van der Waals surface area contributed by atoms with Crippen LogP contribution in [0.2, 0.25) is 0 Å². The molecule has 0 N–H and O–H groups in total. The second kappa shape index (κ2) is 12.7. The molecular formula is C46H26F3N7. The summed E-state index contributed by atoms with van der Waals surface area (Å²) in [4.78, 5) is 17.8. The first-order valence-corrected chi connectivity index (χ1v) is 17.7. The third-order valence-corrected chi connectivity index (χ3v) is 10.2. The standard InChI is InChI=1S/C46H26F3N7/c47-46(48,49)32-25-41(55-37-12-3-1-10-33(37)35-23-30(14-16-39(35)55)44-51-18-6-19-52-44)43(29-9-5-8-28(22-29)27-50)42(26-32)56-38-13-4-2-11-34(38)36-24-31(15-17-40(36)56)45-53-20-7-21-54-45/h1-26H. The lowest BCUT2D eigenvalue weighted by Crippen LogP contribution is -2.11. The Morgan fingerprint density at radius 3 is 1.43 bits per heavy atom. The molecule has 4 aromatic heterocycles. The van der Waals surface area contributed by atoms with Gasteiger partial charge in [-0.2, -0.15) is 18.4 Å². The fourth-order valence-electron chi connectivity index (χ4n) is 7.81. The Bertz CT molecular complexity index is 3020. The minimum Gasteiger partial charge on any atom is -0.309 e. The number of nitriles is 1. The van der Waals surface area contributed by atoms with Crippen molar-refractivity contribution in [1.82, 2.24) is 29.1 Å². The molecule has 4 heterocycles. The molecule has 0 aliphatic carbocycles. The highest BCUT2D eigenvalue weighted by Crippen LogP contribution is 2.46. The van der Waals surface area contributed by atoms with Crippen molar-refractivity contribution >= 4 is 43.6 Å². The summed E-state index contributed by atoms with van der Waals surface area (Å²) >= 11 is 0. The van der Waals surface area contributed by atoms with Crippen LogP contribution in [0.4, 0.5) is 13.2 Å². The quantitative estimate of drug-likeness (QED) is 0.176. The van der Waals surface area contributed by atoms with Crippen molar-refractivity contribution in [3.63, 3.8) is 0 Å². The van der Waals surface area contributed by atoms with E-state index in [9.17, 15) is 5.26 Å². The largest absolute Gasteiger partial charge is 0.416 e. The number of para-hydroxylation sites is 2. The first-order valence-electron chi connectivity index (χ1n) is 17.7. The molecule has 0 saturated heterocycles. The van der Waals surface area contributed by atoms with Gasteiger partial charge in [-0.3, -0.25) is 0 Å². The summed E-state index contributed by atoms with van der Waals surface area (Å²) in [6.07, 6.45) is 1.99. The molecule has 10 heteroatoms. The summed E-state index contributed by atoms with van der Waals surface area (Å²) in [6, 6.07) is 42.1. The van der Waals surface area contributed by atoms with Gasteiger partial charge in [-0.25, -0.2) is 19.9 Å². The normalized spacial score (nSPS) is 11.8. The number of hydrogen-bond donors (Lipinski definition) is 0. The minimum absolute atomic E-state index is 0.306. The minimum atomic E-state index is -4.70. The zero-order chi connectivity index (χ0) is 38.0. The van der Waals surface area contributed by atoms with Crippen molar-refractivity contribution < 1.29 is 13.2 Å². The van der Waals surface area contributed by atoms with Crippen LogP contribution in [-0.4, -0.2) is 29.1 Å². The number of benzene rings is 6. The molecule has 56 heavy (non-hydrogen) atoms. The zero-order valence-electron chi connectivity index (χ0n) is 29.3. The second-order valence-electron chi connectivity index (χ2n) is 13.4. The summed E-state index contributed by atoms with van der Waals surface area (Å²) in [7, 11) is 0. The van der Waals surface area contributed by atoms with Gasteiger partial charge < -0.3 is 9.13 Å². The van der Waals surface area contributed by atoms with Gasteiger partial charge in [0.1, 0.15) is 0 Å². The Hall–Kier alpha value is -7.64. The molecule has 0 spiro atoms. The molecule has 0 atom stereocenters. The highest BCUT2D eigenvalue weighted by atomic mass is 19.4. The first-order chi connectivity index (χ1) is 27.4. The fourth-order valence-corrected chi connectivity index (χ4v) is 7.81. The lowest BCUT2D eigenvalue weighted by molar-refractivity contribution is -0.137. The van der Waals surface area contributed by atoms with Crippen LogP contribution in [0.1, 0.15) is 11.1 Å². The average molecular weight is 734 g/mol. The number of aromatic nitrogens is 6. The van der Waals surface area contributed by atoms with Crippen LogP contribution in [-0.2, 0) is 6.18 Å². The molecule has 0 aliphatic rings. The van der Waals surface area contributed by atoms with E-state index in [0.29, 0.717) is 61.8 Å². The van der Waals surface area contributed by atoms with Gasteiger partial charge in [0, 0.05) is 63.0 Å². The van der Waals surface area contributed by atoms with Gasteiger partial charge in [-0.15, -0.1) is 0 Å². The van der Waals surface area contributed by atoms with Crippen molar-refractivity contribution in [3.05, 3.63) is 169 Å². The highest BCUT2D eigenvalue weighted by molar-refractivity contribution is 6.13. The third-order valence-electron chi connectivity index (χ3n) is 10.2. The van der Waals surface area contributed by atoms with E-state index < -0.39 is 11.7 Å². The SMILES string of the molecule is N#Cc1cccc(-c2c(-n3c4ccccc4c4cc(-c5ncccn5)ccc43)cc(C(F)(F)F)cc2-n2c3ccccc3c3cc(-c4ncccn4)ccc32)c1. The monoisotopic (exact) mass is 733 g/mol. The molecule has 0 bridgehead atoms. The smallest absolute Gasteiger partial charge is 0.309 e. The van der Waals surface area contributed by atoms with Gasteiger partial charge >= 0.3 is 6.18 Å².